The molecule has 31 heavy (non-hydrogen) atoms. The maximum absolute atomic E-state index is 12.3. The van der Waals surface area contributed by atoms with Gasteiger partial charge in [-0.15, -0.1) is 21.5 Å². The molecular weight excluding hydrogens is 416 g/mol. The van der Waals surface area contributed by atoms with Crippen LogP contribution in [0.4, 0.5) is 17.2 Å². The summed E-state index contributed by atoms with van der Waals surface area (Å²) in [6.45, 7) is 1.94. The summed E-state index contributed by atoms with van der Waals surface area (Å²) in [6, 6.07) is 7.27. The Bertz CT molecular complexity index is 1140. The van der Waals surface area contributed by atoms with Gasteiger partial charge in [0, 0.05) is 30.8 Å². The molecular formula is C21H22N6O3S. The van der Waals surface area contributed by atoms with E-state index in [-0.39, 0.29) is 23.3 Å². The average Bonchev–Trinajstić information content (AvgIpc) is 3.54. The van der Waals surface area contributed by atoms with Crippen molar-refractivity contribution in [3.8, 4) is 16.2 Å². The van der Waals surface area contributed by atoms with E-state index in [1.54, 1.807) is 30.7 Å². The van der Waals surface area contributed by atoms with Gasteiger partial charge in [0.2, 0.25) is 5.91 Å². The van der Waals surface area contributed by atoms with Crippen molar-refractivity contribution in [3.63, 3.8) is 0 Å². The third kappa shape index (κ3) is 4.48. The molecule has 1 aromatic carbocycles. The Morgan fingerprint density at radius 3 is 2.65 bits per heavy atom. The minimum absolute atomic E-state index is 0.0245. The minimum Gasteiger partial charge on any atom is -0.494 e. The molecule has 0 saturated heterocycles. The van der Waals surface area contributed by atoms with E-state index in [4.69, 9.17) is 4.74 Å². The zero-order chi connectivity index (χ0) is 22.0. The van der Waals surface area contributed by atoms with Gasteiger partial charge in [0.05, 0.1) is 28.4 Å². The van der Waals surface area contributed by atoms with E-state index in [1.165, 1.54) is 7.05 Å². The maximum atomic E-state index is 12.3. The molecule has 1 fully saturated rings. The zero-order valence-electron chi connectivity index (χ0n) is 17.4. The van der Waals surface area contributed by atoms with E-state index in [0.717, 1.165) is 28.3 Å². The monoisotopic (exact) mass is 438 g/mol. The number of amides is 2. The van der Waals surface area contributed by atoms with Crippen LogP contribution in [0.3, 0.4) is 0 Å². The second-order valence-electron chi connectivity index (χ2n) is 7.09. The normalized spacial score (nSPS) is 12.9. The number of aryl methyl sites for hydroxylation is 1. The van der Waals surface area contributed by atoms with E-state index < -0.39 is 5.91 Å². The number of aromatic nitrogens is 3. The standard InChI is InChI=1S/C21H22N6O3S/c1-11-23-10-16(31-11)13-5-4-6-14(19(13)30-3)24-15-9-17(25-20(28)12-7-8-12)26-27-18(15)21(29)22-2/h4-6,9-10,12H,7-8H2,1-3H3,(H,22,29)(H2,24,25,26,28). The summed E-state index contributed by atoms with van der Waals surface area (Å²) in [4.78, 5) is 29.8. The van der Waals surface area contributed by atoms with Crippen molar-refractivity contribution >= 4 is 40.3 Å². The number of nitrogens with zero attached hydrogens (tertiary/aromatic N) is 3. The van der Waals surface area contributed by atoms with Gasteiger partial charge in [-0.3, -0.25) is 9.59 Å². The van der Waals surface area contributed by atoms with Crippen LogP contribution in [0.25, 0.3) is 10.4 Å². The fraction of sp³-hybridized carbons (Fsp3) is 0.286. The number of thiazole rings is 1. The highest BCUT2D eigenvalue weighted by Gasteiger charge is 2.30. The fourth-order valence-corrected chi connectivity index (χ4v) is 3.89. The second kappa shape index (κ2) is 8.68. The van der Waals surface area contributed by atoms with Gasteiger partial charge in [-0.1, -0.05) is 6.07 Å². The van der Waals surface area contributed by atoms with Crippen LogP contribution in [-0.2, 0) is 4.79 Å². The quantitative estimate of drug-likeness (QED) is 0.517. The molecule has 2 amide bonds. The van der Waals surface area contributed by atoms with E-state index in [1.807, 2.05) is 25.1 Å². The van der Waals surface area contributed by atoms with Crippen LogP contribution in [0.2, 0.25) is 0 Å². The smallest absolute Gasteiger partial charge is 0.273 e. The van der Waals surface area contributed by atoms with E-state index in [0.29, 0.717) is 17.1 Å². The summed E-state index contributed by atoms with van der Waals surface area (Å²) in [5.74, 6) is 0.419. The van der Waals surface area contributed by atoms with Gasteiger partial charge in [-0.25, -0.2) is 4.98 Å². The van der Waals surface area contributed by atoms with Crippen LogP contribution in [0, 0.1) is 12.8 Å². The molecule has 0 aliphatic heterocycles. The van der Waals surface area contributed by atoms with Crippen molar-refractivity contribution in [2.45, 2.75) is 19.8 Å². The SMILES string of the molecule is CNC(=O)c1nnc(NC(=O)C2CC2)cc1Nc1cccc(-c2cnc(C)s2)c1OC. The molecule has 1 aliphatic carbocycles. The van der Waals surface area contributed by atoms with E-state index in [2.05, 4.69) is 31.1 Å². The number of nitrogens with one attached hydrogen (secondary N) is 3. The number of carbonyl (C=O) groups excluding carboxylic acids is 2. The molecule has 2 heterocycles. The summed E-state index contributed by atoms with van der Waals surface area (Å²) in [5.41, 5.74) is 2.02. The van der Waals surface area contributed by atoms with Crippen molar-refractivity contribution in [3.05, 3.63) is 41.2 Å². The van der Waals surface area contributed by atoms with Gasteiger partial charge in [-0.05, 0) is 31.9 Å². The first kappa shape index (κ1) is 20.7. The van der Waals surface area contributed by atoms with Crippen LogP contribution < -0.4 is 20.7 Å². The summed E-state index contributed by atoms with van der Waals surface area (Å²) >= 11 is 1.56. The Kier molecular flexibility index (Phi) is 5.81. The van der Waals surface area contributed by atoms with Crippen LogP contribution in [0.5, 0.6) is 5.75 Å². The number of para-hydroxylation sites is 1. The molecule has 0 radical (unpaired) electrons. The number of ether oxygens (including phenoxy) is 1. The lowest BCUT2D eigenvalue weighted by atomic mass is 10.1. The Labute approximate surface area is 183 Å². The molecule has 160 valence electrons. The third-order valence-corrected chi connectivity index (χ3v) is 5.76. The Hall–Kier alpha value is -3.53. The molecule has 1 saturated carbocycles. The molecule has 3 aromatic rings. The summed E-state index contributed by atoms with van der Waals surface area (Å²) in [7, 11) is 3.10. The first-order chi connectivity index (χ1) is 15.0. The van der Waals surface area contributed by atoms with Crippen molar-refractivity contribution < 1.29 is 14.3 Å². The molecule has 1 aliphatic rings. The molecule has 9 nitrogen and oxygen atoms in total. The highest BCUT2D eigenvalue weighted by Crippen LogP contribution is 2.40. The Balaban J connectivity index is 1.71. The van der Waals surface area contributed by atoms with Crippen LogP contribution in [0.1, 0.15) is 28.3 Å². The number of hydrogen-bond acceptors (Lipinski definition) is 8. The molecule has 4 rings (SSSR count). The van der Waals surface area contributed by atoms with Gasteiger partial charge in [-0.2, -0.15) is 0 Å². The average molecular weight is 439 g/mol. The maximum Gasteiger partial charge on any atom is 0.273 e. The molecule has 2 aromatic heterocycles. The number of anilines is 3. The largest absolute Gasteiger partial charge is 0.494 e. The van der Waals surface area contributed by atoms with E-state index >= 15 is 0 Å². The van der Waals surface area contributed by atoms with Crippen molar-refractivity contribution in [1.29, 1.82) is 0 Å². The zero-order valence-corrected chi connectivity index (χ0v) is 18.2. The van der Waals surface area contributed by atoms with Gasteiger partial charge < -0.3 is 20.7 Å². The van der Waals surface area contributed by atoms with Crippen LogP contribution >= 0.6 is 11.3 Å². The highest BCUT2D eigenvalue weighted by molar-refractivity contribution is 7.15. The topological polar surface area (TPSA) is 118 Å². The predicted octanol–water partition coefficient (Wildman–Crippen LogP) is 3.37. The lowest BCUT2D eigenvalue weighted by molar-refractivity contribution is -0.117. The van der Waals surface area contributed by atoms with Crippen LogP contribution in [-0.4, -0.2) is 41.2 Å². The van der Waals surface area contributed by atoms with Gasteiger partial charge in [0.1, 0.15) is 0 Å². The molecule has 0 bridgehead atoms. The molecule has 10 heteroatoms. The Morgan fingerprint density at radius 2 is 2.00 bits per heavy atom. The molecule has 3 N–H and O–H groups in total. The predicted molar refractivity (Wildman–Crippen MR) is 119 cm³/mol. The number of hydrogen-bond donors (Lipinski definition) is 3. The van der Waals surface area contributed by atoms with Crippen LogP contribution in [0.15, 0.2) is 30.5 Å². The summed E-state index contributed by atoms with van der Waals surface area (Å²) < 4.78 is 5.68. The van der Waals surface area contributed by atoms with Crippen molar-refractivity contribution in [2.24, 2.45) is 5.92 Å². The fourth-order valence-electron chi connectivity index (χ4n) is 3.09. The lowest BCUT2D eigenvalue weighted by Crippen LogP contribution is -2.22. The molecule has 0 atom stereocenters. The Morgan fingerprint density at radius 1 is 1.19 bits per heavy atom. The third-order valence-electron chi connectivity index (χ3n) is 4.81. The highest BCUT2D eigenvalue weighted by atomic mass is 32.1. The number of benzene rings is 1. The summed E-state index contributed by atoms with van der Waals surface area (Å²) in [6.07, 6.45) is 3.56. The second-order valence-corrected chi connectivity index (χ2v) is 8.32. The van der Waals surface area contributed by atoms with E-state index in [9.17, 15) is 9.59 Å². The lowest BCUT2D eigenvalue weighted by Gasteiger charge is -2.16. The summed E-state index contributed by atoms with van der Waals surface area (Å²) in [5, 5.41) is 17.5. The van der Waals surface area contributed by atoms with Gasteiger partial charge >= 0.3 is 0 Å². The van der Waals surface area contributed by atoms with Crippen molar-refractivity contribution in [2.75, 3.05) is 24.8 Å². The number of methoxy groups -OCH3 is 1. The molecule has 0 unspecified atom stereocenters. The van der Waals surface area contributed by atoms with Gasteiger partial charge in [0.25, 0.3) is 5.91 Å². The first-order valence-electron chi connectivity index (χ1n) is 9.77. The number of rotatable bonds is 7. The first-order valence-corrected chi connectivity index (χ1v) is 10.6. The minimum atomic E-state index is -0.400. The van der Waals surface area contributed by atoms with Crippen molar-refractivity contribution in [1.82, 2.24) is 20.5 Å². The molecule has 0 spiro atoms. The van der Waals surface area contributed by atoms with Gasteiger partial charge in [0.15, 0.2) is 17.3 Å². The number of carbonyl (C=O) groups is 2.